The van der Waals surface area contributed by atoms with Gasteiger partial charge in [0.2, 0.25) is 0 Å². The number of carbonyl (C=O) groups is 2. The zero-order valence-electron chi connectivity index (χ0n) is 19.4. The second-order valence-electron chi connectivity index (χ2n) is 8.04. The first-order valence-corrected chi connectivity index (χ1v) is 11.4. The third-order valence-electron chi connectivity index (χ3n) is 5.68. The third kappa shape index (κ3) is 5.18. The molecule has 1 fully saturated rings. The Labute approximate surface area is 200 Å². The highest BCUT2D eigenvalue weighted by Gasteiger charge is 2.37. The number of rotatable bonds is 9. The molecule has 1 aliphatic rings. The highest BCUT2D eigenvalue weighted by atomic mass is 16.6. The fraction of sp³-hybridized carbons (Fsp3) is 0.214. The summed E-state index contributed by atoms with van der Waals surface area (Å²) in [5, 5.41) is 0. The molecule has 1 heterocycles. The number of hydrogen-bond donors (Lipinski definition) is 0. The summed E-state index contributed by atoms with van der Waals surface area (Å²) in [5.74, 6) is -0.422. The van der Waals surface area contributed by atoms with Crippen molar-refractivity contribution in [3.63, 3.8) is 0 Å². The standard InChI is InChI=1S/C28H28N2O4/c1-3-10-25(33-2)20-29-27(31)26(34-28(29)32)19-21-15-17-24(18-16-21)30(22-11-6-4-7-12-22)23-13-8-5-9-14-23/h4-9,11-19,25H,3,10,20H2,1-2H3/b26-19+. The van der Waals surface area contributed by atoms with Crippen molar-refractivity contribution in [2.45, 2.75) is 25.9 Å². The number of methoxy groups -OCH3 is 1. The molecule has 0 spiro atoms. The topological polar surface area (TPSA) is 59.1 Å². The maximum Gasteiger partial charge on any atom is 0.422 e. The minimum absolute atomic E-state index is 0.0204. The molecule has 1 saturated heterocycles. The molecule has 1 unspecified atom stereocenters. The van der Waals surface area contributed by atoms with Crippen molar-refractivity contribution >= 4 is 35.1 Å². The lowest BCUT2D eigenvalue weighted by molar-refractivity contribution is -0.124. The van der Waals surface area contributed by atoms with Crippen LogP contribution in [-0.4, -0.2) is 36.7 Å². The van der Waals surface area contributed by atoms with E-state index in [0.717, 1.165) is 40.4 Å². The Hall–Kier alpha value is -3.90. The van der Waals surface area contributed by atoms with Crippen LogP contribution in [0.2, 0.25) is 0 Å². The number of amides is 2. The number of benzene rings is 3. The number of ether oxygens (including phenoxy) is 2. The van der Waals surface area contributed by atoms with Gasteiger partial charge in [0.1, 0.15) is 0 Å². The van der Waals surface area contributed by atoms with Gasteiger partial charge in [-0.3, -0.25) is 4.79 Å². The smallest absolute Gasteiger partial charge is 0.404 e. The molecule has 34 heavy (non-hydrogen) atoms. The van der Waals surface area contributed by atoms with E-state index in [0.29, 0.717) is 0 Å². The first-order chi connectivity index (χ1) is 16.6. The van der Waals surface area contributed by atoms with Crippen LogP contribution in [0.4, 0.5) is 21.9 Å². The van der Waals surface area contributed by atoms with Crippen molar-refractivity contribution in [3.8, 4) is 0 Å². The summed E-state index contributed by atoms with van der Waals surface area (Å²) < 4.78 is 10.6. The molecule has 1 atom stereocenters. The predicted octanol–water partition coefficient (Wildman–Crippen LogP) is 6.29. The van der Waals surface area contributed by atoms with Crippen LogP contribution < -0.4 is 4.90 Å². The molecule has 3 aromatic rings. The summed E-state index contributed by atoms with van der Waals surface area (Å²) in [7, 11) is 1.58. The van der Waals surface area contributed by atoms with Crippen LogP contribution in [0.15, 0.2) is 90.7 Å². The molecule has 6 nitrogen and oxygen atoms in total. The molecule has 0 saturated carbocycles. The summed E-state index contributed by atoms with van der Waals surface area (Å²) in [6.45, 7) is 2.21. The van der Waals surface area contributed by atoms with Gasteiger partial charge >= 0.3 is 6.09 Å². The third-order valence-corrected chi connectivity index (χ3v) is 5.68. The predicted molar refractivity (Wildman–Crippen MR) is 133 cm³/mol. The molecule has 6 heteroatoms. The van der Waals surface area contributed by atoms with Gasteiger partial charge in [-0.05, 0) is 54.5 Å². The van der Waals surface area contributed by atoms with Gasteiger partial charge in [-0.2, -0.15) is 0 Å². The lowest BCUT2D eigenvalue weighted by atomic mass is 10.1. The first-order valence-electron chi connectivity index (χ1n) is 11.4. The molecule has 1 aliphatic heterocycles. The van der Waals surface area contributed by atoms with Crippen molar-refractivity contribution in [3.05, 3.63) is 96.3 Å². The van der Waals surface area contributed by atoms with Crippen LogP contribution in [0.1, 0.15) is 25.3 Å². The Balaban J connectivity index is 1.56. The van der Waals surface area contributed by atoms with E-state index in [1.54, 1.807) is 13.2 Å². The summed E-state index contributed by atoms with van der Waals surface area (Å²) in [6, 6.07) is 28.0. The summed E-state index contributed by atoms with van der Waals surface area (Å²) in [6.07, 6.45) is 2.38. The van der Waals surface area contributed by atoms with Crippen LogP contribution in [-0.2, 0) is 14.3 Å². The van der Waals surface area contributed by atoms with E-state index < -0.39 is 12.0 Å². The number of para-hydroxylation sites is 2. The minimum Gasteiger partial charge on any atom is -0.404 e. The number of carbonyl (C=O) groups excluding carboxylic acids is 2. The van der Waals surface area contributed by atoms with Gasteiger partial charge in [-0.1, -0.05) is 61.9 Å². The molecule has 0 aromatic heterocycles. The highest BCUT2D eigenvalue weighted by molar-refractivity contribution is 6.10. The van der Waals surface area contributed by atoms with E-state index in [9.17, 15) is 9.59 Å². The number of anilines is 3. The van der Waals surface area contributed by atoms with Crippen molar-refractivity contribution in [1.82, 2.24) is 4.90 Å². The number of cyclic esters (lactones) is 1. The average Bonchev–Trinajstić information content (AvgIpc) is 3.13. The summed E-state index contributed by atoms with van der Waals surface area (Å²) in [4.78, 5) is 28.3. The van der Waals surface area contributed by atoms with E-state index >= 15 is 0 Å². The molecule has 0 N–H and O–H groups in total. The second-order valence-corrected chi connectivity index (χ2v) is 8.04. The molecule has 0 radical (unpaired) electrons. The van der Waals surface area contributed by atoms with Gasteiger partial charge < -0.3 is 14.4 Å². The number of hydrogen-bond acceptors (Lipinski definition) is 5. The Kier molecular flexibility index (Phi) is 7.40. The van der Waals surface area contributed by atoms with Crippen LogP contribution >= 0.6 is 0 Å². The second kappa shape index (κ2) is 10.8. The lowest BCUT2D eigenvalue weighted by Gasteiger charge is -2.25. The van der Waals surface area contributed by atoms with Crippen LogP contribution in [0.25, 0.3) is 6.08 Å². The van der Waals surface area contributed by atoms with Crippen molar-refractivity contribution in [2.75, 3.05) is 18.6 Å². The maximum atomic E-state index is 12.8. The molecular formula is C28H28N2O4. The van der Waals surface area contributed by atoms with Gasteiger partial charge in [0.05, 0.1) is 12.6 Å². The largest absolute Gasteiger partial charge is 0.422 e. The Morgan fingerprint density at radius 3 is 1.97 bits per heavy atom. The van der Waals surface area contributed by atoms with Crippen molar-refractivity contribution in [2.24, 2.45) is 0 Å². The zero-order chi connectivity index (χ0) is 23.9. The van der Waals surface area contributed by atoms with E-state index in [2.05, 4.69) is 29.2 Å². The molecule has 174 valence electrons. The fourth-order valence-corrected chi connectivity index (χ4v) is 3.94. The van der Waals surface area contributed by atoms with Crippen LogP contribution in [0, 0.1) is 0 Å². The van der Waals surface area contributed by atoms with E-state index in [4.69, 9.17) is 9.47 Å². The quantitative estimate of drug-likeness (QED) is 0.354. The van der Waals surface area contributed by atoms with Crippen molar-refractivity contribution in [1.29, 1.82) is 0 Å². The van der Waals surface area contributed by atoms with E-state index in [-0.39, 0.29) is 18.4 Å². The monoisotopic (exact) mass is 456 g/mol. The summed E-state index contributed by atoms with van der Waals surface area (Å²) >= 11 is 0. The summed E-state index contributed by atoms with van der Waals surface area (Å²) in [5.41, 5.74) is 3.81. The maximum absolute atomic E-state index is 12.8. The molecule has 4 rings (SSSR count). The van der Waals surface area contributed by atoms with Gasteiger partial charge in [-0.15, -0.1) is 0 Å². The van der Waals surface area contributed by atoms with Crippen LogP contribution in [0.3, 0.4) is 0 Å². The van der Waals surface area contributed by atoms with Gasteiger partial charge in [0.25, 0.3) is 5.91 Å². The highest BCUT2D eigenvalue weighted by Crippen LogP contribution is 2.34. The normalized spacial score (nSPS) is 15.5. The Morgan fingerprint density at radius 1 is 0.882 bits per heavy atom. The Morgan fingerprint density at radius 2 is 1.44 bits per heavy atom. The van der Waals surface area contributed by atoms with Crippen LogP contribution in [0.5, 0.6) is 0 Å². The van der Waals surface area contributed by atoms with Gasteiger partial charge in [0, 0.05) is 24.2 Å². The minimum atomic E-state index is -0.662. The lowest BCUT2D eigenvalue weighted by Crippen LogP contribution is -2.37. The number of nitrogens with zero attached hydrogens (tertiary/aromatic N) is 2. The van der Waals surface area contributed by atoms with E-state index in [1.165, 1.54) is 0 Å². The fourth-order valence-electron chi connectivity index (χ4n) is 3.94. The Bertz CT molecular complexity index is 1100. The van der Waals surface area contributed by atoms with Gasteiger partial charge in [0.15, 0.2) is 5.76 Å². The van der Waals surface area contributed by atoms with E-state index in [1.807, 2.05) is 67.6 Å². The first kappa shape index (κ1) is 23.3. The zero-order valence-corrected chi connectivity index (χ0v) is 19.4. The molecule has 3 aromatic carbocycles. The average molecular weight is 457 g/mol. The molecule has 0 bridgehead atoms. The van der Waals surface area contributed by atoms with Gasteiger partial charge in [-0.25, -0.2) is 9.69 Å². The van der Waals surface area contributed by atoms with Crippen molar-refractivity contribution < 1.29 is 19.1 Å². The molecule has 2 amide bonds. The molecular weight excluding hydrogens is 428 g/mol. The number of imide groups is 1. The molecule has 0 aliphatic carbocycles. The SMILES string of the molecule is CCCC(CN1C(=O)O/C(=C/c2ccc(N(c3ccccc3)c3ccccc3)cc2)C1=O)OC.